The second-order valence-electron chi connectivity index (χ2n) is 14.8. The summed E-state index contributed by atoms with van der Waals surface area (Å²) in [6.45, 7) is 17.1. The first-order valence-electron chi connectivity index (χ1n) is 17.8. The Labute approximate surface area is 275 Å². The van der Waals surface area contributed by atoms with E-state index in [0.717, 1.165) is 43.0 Å². The fourth-order valence-electron chi connectivity index (χ4n) is 6.48. The van der Waals surface area contributed by atoms with Crippen molar-refractivity contribution in [2.45, 2.75) is 144 Å². The van der Waals surface area contributed by atoms with Crippen molar-refractivity contribution in [1.82, 2.24) is 0 Å². The Morgan fingerprint density at radius 2 is 1.44 bits per heavy atom. The molecule has 0 aliphatic carbocycles. The molecule has 2 aromatic rings. The third-order valence-electron chi connectivity index (χ3n) is 9.01. The summed E-state index contributed by atoms with van der Waals surface area (Å²) in [6, 6.07) is 15.0. The van der Waals surface area contributed by atoms with Gasteiger partial charge in [0, 0.05) is 30.8 Å². The molecular formula is C41H62N2O2. The Kier molecular flexibility index (Phi) is 14.9. The molecule has 1 aliphatic heterocycles. The third kappa shape index (κ3) is 12.8. The van der Waals surface area contributed by atoms with Crippen molar-refractivity contribution in [1.29, 1.82) is 0 Å². The van der Waals surface area contributed by atoms with Crippen molar-refractivity contribution in [3.05, 3.63) is 70.8 Å². The fraction of sp³-hybridized carbons (Fsp3) is 0.610. The maximum absolute atomic E-state index is 12.8. The number of benzene rings is 2. The van der Waals surface area contributed by atoms with Gasteiger partial charge in [-0.25, -0.2) is 0 Å². The SMILES string of the molecule is CCCCCCCCCCCCCCOc1ccc(CN(C(C)=O)c2ccc(CC3(C)C=C(C)C=NC3)cc2)cc1C(C)(C)C. The predicted molar refractivity (Wildman–Crippen MR) is 194 cm³/mol. The zero-order valence-corrected chi connectivity index (χ0v) is 29.7. The molecule has 45 heavy (non-hydrogen) atoms. The van der Waals surface area contributed by atoms with Crippen molar-refractivity contribution in [3.8, 4) is 5.75 Å². The van der Waals surface area contributed by atoms with Crippen LogP contribution in [0.3, 0.4) is 0 Å². The van der Waals surface area contributed by atoms with Crippen molar-refractivity contribution in [3.63, 3.8) is 0 Å². The summed E-state index contributed by atoms with van der Waals surface area (Å²) in [6.07, 6.45) is 21.3. The number of allylic oxidation sites excluding steroid dienone is 1. The molecular weight excluding hydrogens is 552 g/mol. The lowest BCUT2D eigenvalue weighted by Crippen LogP contribution is -2.28. The van der Waals surface area contributed by atoms with Crippen molar-refractivity contribution in [2.24, 2.45) is 10.4 Å². The first-order chi connectivity index (χ1) is 21.5. The van der Waals surface area contributed by atoms with Gasteiger partial charge in [-0.2, -0.15) is 0 Å². The molecule has 0 saturated carbocycles. The summed E-state index contributed by atoms with van der Waals surface area (Å²) < 4.78 is 6.34. The van der Waals surface area contributed by atoms with Crippen molar-refractivity contribution in [2.75, 3.05) is 18.1 Å². The Balaban J connectivity index is 1.51. The number of aliphatic imine (C=N–C) groups is 1. The van der Waals surface area contributed by atoms with Crippen LogP contribution >= 0.6 is 0 Å². The summed E-state index contributed by atoms with van der Waals surface area (Å²) >= 11 is 0. The van der Waals surface area contributed by atoms with E-state index in [4.69, 9.17) is 4.74 Å². The molecule has 4 heteroatoms. The van der Waals surface area contributed by atoms with E-state index in [2.05, 4.69) is 95.1 Å². The smallest absolute Gasteiger partial charge is 0.224 e. The number of hydrogen-bond acceptors (Lipinski definition) is 3. The fourth-order valence-corrected chi connectivity index (χ4v) is 6.48. The molecule has 1 heterocycles. The number of carbonyl (C=O) groups excluding carboxylic acids is 1. The number of nitrogens with zero attached hydrogens (tertiary/aromatic N) is 2. The number of ether oxygens (including phenoxy) is 1. The second-order valence-corrected chi connectivity index (χ2v) is 14.8. The van der Waals surface area contributed by atoms with Crippen LogP contribution in [0.1, 0.15) is 142 Å². The number of hydrogen-bond donors (Lipinski definition) is 0. The van der Waals surface area contributed by atoms with E-state index in [-0.39, 0.29) is 16.7 Å². The van der Waals surface area contributed by atoms with E-state index in [1.54, 1.807) is 6.92 Å². The van der Waals surface area contributed by atoms with Gasteiger partial charge in [-0.05, 0) is 71.7 Å². The van der Waals surface area contributed by atoms with Gasteiger partial charge >= 0.3 is 0 Å². The molecule has 0 fully saturated rings. The van der Waals surface area contributed by atoms with Crippen LogP contribution in [-0.2, 0) is 23.2 Å². The molecule has 0 aromatic heterocycles. The molecule has 248 valence electrons. The number of anilines is 1. The van der Waals surface area contributed by atoms with Crippen LogP contribution in [0.15, 0.2) is 59.1 Å². The summed E-state index contributed by atoms with van der Waals surface area (Å²) in [5, 5.41) is 0. The molecule has 0 N–H and O–H groups in total. The zero-order valence-electron chi connectivity index (χ0n) is 29.7. The number of amides is 1. The lowest BCUT2D eigenvalue weighted by atomic mass is 9.81. The highest BCUT2D eigenvalue weighted by Gasteiger charge is 2.25. The van der Waals surface area contributed by atoms with Gasteiger partial charge in [0.1, 0.15) is 5.75 Å². The molecule has 1 aliphatic rings. The molecule has 1 atom stereocenters. The van der Waals surface area contributed by atoms with E-state index in [9.17, 15) is 4.79 Å². The van der Waals surface area contributed by atoms with Gasteiger partial charge < -0.3 is 9.64 Å². The van der Waals surface area contributed by atoms with Crippen LogP contribution in [0.4, 0.5) is 5.69 Å². The van der Waals surface area contributed by atoms with Gasteiger partial charge in [-0.15, -0.1) is 0 Å². The summed E-state index contributed by atoms with van der Waals surface area (Å²) in [4.78, 5) is 19.2. The third-order valence-corrected chi connectivity index (χ3v) is 9.01. The summed E-state index contributed by atoms with van der Waals surface area (Å²) in [5.41, 5.74) is 5.69. The highest BCUT2D eigenvalue weighted by atomic mass is 16.5. The van der Waals surface area contributed by atoms with E-state index in [1.807, 2.05) is 11.1 Å². The summed E-state index contributed by atoms with van der Waals surface area (Å²) in [7, 11) is 0. The Bertz CT molecular complexity index is 1240. The predicted octanol–water partition coefficient (Wildman–Crippen LogP) is 11.2. The van der Waals surface area contributed by atoms with Crippen LogP contribution in [0.2, 0.25) is 0 Å². The van der Waals surface area contributed by atoms with Crippen LogP contribution in [0.25, 0.3) is 0 Å². The lowest BCUT2D eigenvalue weighted by Gasteiger charge is -2.28. The van der Waals surface area contributed by atoms with Crippen LogP contribution in [-0.4, -0.2) is 25.3 Å². The molecule has 2 aromatic carbocycles. The average Bonchev–Trinajstić information content (AvgIpc) is 2.98. The standard InChI is InChI=1S/C41H62N2O2/c1-8-9-10-11-12-13-14-15-16-17-18-19-26-45-39-25-22-36(27-38(39)40(4,5)6)31-43(34(3)44)37-23-20-35(21-24-37)29-41(7)28-33(2)30-42-32-41/h20-25,27-28,30H,8-19,26,29,31-32H2,1-7H3. The Morgan fingerprint density at radius 3 is 2.00 bits per heavy atom. The Hall–Kier alpha value is -2.88. The quantitative estimate of drug-likeness (QED) is 0.148. The van der Waals surface area contributed by atoms with Gasteiger partial charge in [0.2, 0.25) is 5.91 Å². The van der Waals surface area contributed by atoms with E-state index >= 15 is 0 Å². The Morgan fingerprint density at radius 1 is 0.867 bits per heavy atom. The van der Waals surface area contributed by atoms with Gasteiger partial charge in [-0.3, -0.25) is 9.79 Å². The van der Waals surface area contributed by atoms with E-state index in [1.165, 1.54) is 87.3 Å². The number of carbonyl (C=O) groups is 1. The number of dihydropyridines is 1. The molecule has 0 radical (unpaired) electrons. The minimum atomic E-state index is -0.0589. The molecule has 4 nitrogen and oxygen atoms in total. The molecule has 1 amide bonds. The van der Waals surface area contributed by atoms with Crippen LogP contribution in [0, 0.1) is 5.41 Å². The van der Waals surface area contributed by atoms with E-state index in [0.29, 0.717) is 6.54 Å². The van der Waals surface area contributed by atoms with Gasteiger partial charge in [0.05, 0.1) is 13.2 Å². The maximum atomic E-state index is 12.8. The largest absolute Gasteiger partial charge is 0.493 e. The second kappa shape index (κ2) is 18.3. The highest BCUT2D eigenvalue weighted by Crippen LogP contribution is 2.34. The minimum Gasteiger partial charge on any atom is -0.493 e. The van der Waals surface area contributed by atoms with Gasteiger partial charge in [0.15, 0.2) is 0 Å². The lowest BCUT2D eigenvalue weighted by molar-refractivity contribution is -0.116. The topological polar surface area (TPSA) is 41.9 Å². The monoisotopic (exact) mass is 614 g/mol. The van der Waals surface area contributed by atoms with Gasteiger partial charge in [0.25, 0.3) is 0 Å². The first kappa shape index (κ1) is 36.6. The van der Waals surface area contributed by atoms with E-state index < -0.39 is 0 Å². The molecule has 3 rings (SSSR count). The highest BCUT2D eigenvalue weighted by molar-refractivity contribution is 5.91. The maximum Gasteiger partial charge on any atom is 0.224 e. The molecule has 0 saturated heterocycles. The minimum absolute atomic E-state index is 0.0285. The zero-order chi connectivity index (χ0) is 32.7. The summed E-state index contributed by atoms with van der Waals surface area (Å²) in [5.74, 6) is 1.01. The number of rotatable bonds is 19. The van der Waals surface area contributed by atoms with Crippen molar-refractivity contribution >= 4 is 17.8 Å². The molecule has 0 bridgehead atoms. The normalized spacial score (nSPS) is 16.5. The number of unbranched alkanes of at least 4 members (excludes halogenated alkanes) is 11. The molecule has 1 unspecified atom stereocenters. The average molecular weight is 615 g/mol. The van der Waals surface area contributed by atoms with Crippen LogP contribution < -0.4 is 9.64 Å². The molecule has 0 spiro atoms. The van der Waals surface area contributed by atoms with Crippen LogP contribution in [0.5, 0.6) is 5.75 Å². The van der Waals surface area contributed by atoms with Gasteiger partial charge in [-0.1, -0.05) is 130 Å². The first-order valence-corrected chi connectivity index (χ1v) is 17.8. The van der Waals surface area contributed by atoms with Crippen molar-refractivity contribution < 1.29 is 9.53 Å².